The summed E-state index contributed by atoms with van der Waals surface area (Å²) in [5, 5.41) is 23.9. The minimum absolute atomic E-state index is 0.0630. The number of amides is 1. The quantitative estimate of drug-likeness (QED) is 0.0321. The number of ether oxygens (including phenoxy) is 1. The van der Waals surface area contributed by atoms with E-state index in [4.69, 9.17) is 4.74 Å². The Morgan fingerprint density at radius 2 is 0.761 bits per heavy atom. The Morgan fingerprint density at radius 3 is 1.21 bits per heavy atom. The highest BCUT2D eigenvalue weighted by Crippen LogP contribution is 2.18. The number of nitrogens with one attached hydrogen (secondary N) is 1. The van der Waals surface area contributed by atoms with Crippen LogP contribution in [-0.4, -0.2) is 46.9 Å². The lowest BCUT2D eigenvalue weighted by Crippen LogP contribution is -2.46. The smallest absolute Gasteiger partial charge is 0.306 e. The fourth-order valence-corrected chi connectivity index (χ4v) is 8.90. The third-order valence-electron chi connectivity index (χ3n) is 13.4. The highest BCUT2D eigenvalue weighted by molar-refractivity contribution is 5.77. The summed E-state index contributed by atoms with van der Waals surface area (Å²) in [6, 6.07) is -0.709. The molecule has 0 heterocycles. The summed E-state index contributed by atoms with van der Waals surface area (Å²) in [4.78, 5) is 26.3. The minimum Gasteiger partial charge on any atom is -0.462 e. The molecule has 0 aromatic rings. The highest BCUT2D eigenvalue weighted by Gasteiger charge is 2.24. The predicted octanol–water partition coefficient (Wildman–Crippen LogP) is 18.2. The van der Waals surface area contributed by atoms with Gasteiger partial charge in [-0.2, -0.15) is 0 Å². The first-order chi connectivity index (χ1) is 33.0. The van der Waals surface area contributed by atoms with Crippen molar-refractivity contribution in [3.63, 3.8) is 0 Å². The second kappa shape index (κ2) is 54.8. The van der Waals surface area contributed by atoms with Crippen molar-refractivity contribution in [1.29, 1.82) is 0 Å². The molecule has 0 fully saturated rings. The van der Waals surface area contributed by atoms with E-state index >= 15 is 0 Å². The first-order valence-corrected chi connectivity index (χ1v) is 29.4. The third-order valence-corrected chi connectivity index (χ3v) is 13.4. The second-order valence-corrected chi connectivity index (χ2v) is 20.0. The van der Waals surface area contributed by atoms with Gasteiger partial charge in [0.2, 0.25) is 5.91 Å². The molecule has 0 spiro atoms. The van der Waals surface area contributed by atoms with Gasteiger partial charge in [0, 0.05) is 6.42 Å². The molecule has 1 amide bonds. The van der Waals surface area contributed by atoms with Crippen LogP contribution in [-0.2, 0) is 14.3 Å². The number of carbonyl (C=O) groups is 2. The van der Waals surface area contributed by atoms with Crippen molar-refractivity contribution in [1.82, 2.24) is 5.32 Å². The number of aliphatic hydroxyl groups excluding tert-OH is 2. The lowest BCUT2D eigenvalue weighted by atomic mass is 10.0. The van der Waals surface area contributed by atoms with Crippen LogP contribution < -0.4 is 5.32 Å². The molecule has 0 aliphatic heterocycles. The van der Waals surface area contributed by atoms with Gasteiger partial charge < -0.3 is 20.3 Å². The zero-order valence-corrected chi connectivity index (χ0v) is 44.8. The van der Waals surface area contributed by atoms with Gasteiger partial charge in [0.05, 0.1) is 25.2 Å². The van der Waals surface area contributed by atoms with Crippen LogP contribution in [0.1, 0.15) is 303 Å². The van der Waals surface area contributed by atoms with Crippen LogP contribution in [0.2, 0.25) is 0 Å². The Balaban J connectivity index is 4.56. The molecule has 3 N–H and O–H groups in total. The van der Waals surface area contributed by atoms with Crippen molar-refractivity contribution in [2.24, 2.45) is 0 Å². The molecular formula is C61H113NO5. The van der Waals surface area contributed by atoms with E-state index in [1.54, 1.807) is 0 Å². The van der Waals surface area contributed by atoms with E-state index in [-0.39, 0.29) is 24.9 Å². The van der Waals surface area contributed by atoms with Crippen molar-refractivity contribution < 1.29 is 24.5 Å². The van der Waals surface area contributed by atoms with Crippen LogP contribution in [0.25, 0.3) is 0 Å². The molecule has 0 aliphatic rings. The third kappa shape index (κ3) is 50.0. The number of hydrogen-bond acceptors (Lipinski definition) is 5. The van der Waals surface area contributed by atoms with Gasteiger partial charge in [0.25, 0.3) is 0 Å². The molecule has 6 nitrogen and oxygen atoms in total. The van der Waals surface area contributed by atoms with Crippen LogP contribution in [0.4, 0.5) is 0 Å². The van der Waals surface area contributed by atoms with Crippen LogP contribution in [0.15, 0.2) is 48.6 Å². The molecule has 0 aromatic heterocycles. The monoisotopic (exact) mass is 940 g/mol. The Morgan fingerprint density at radius 1 is 0.433 bits per heavy atom. The van der Waals surface area contributed by atoms with E-state index in [0.29, 0.717) is 19.3 Å². The van der Waals surface area contributed by atoms with Gasteiger partial charge in [-0.3, -0.25) is 9.59 Å². The average Bonchev–Trinajstić information content (AvgIpc) is 3.32. The first kappa shape index (κ1) is 64.8. The van der Waals surface area contributed by atoms with Crippen LogP contribution in [0.5, 0.6) is 0 Å². The maximum absolute atomic E-state index is 13.3. The number of carbonyl (C=O) groups excluding carboxylic acids is 2. The Labute approximate surface area is 416 Å². The summed E-state index contributed by atoms with van der Waals surface area (Å²) >= 11 is 0. The SMILES string of the molecule is CCCCC/C=C\C/C=C\C/C=C\CCCCCCCCC(=O)OC(CCCCC/C=C/CCCCCCCCC)CC(=O)NC(CO)C(O)CCCCCCCCCCCCCCCCC. The molecule has 0 aliphatic carbocycles. The molecule has 0 rings (SSSR count). The van der Waals surface area contributed by atoms with Crippen molar-refractivity contribution in [3.05, 3.63) is 48.6 Å². The van der Waals surface area contributed by atoms with Crippen LogP contribution >= 0.6 is 0 Å². The fourth-order valence-electron chi connectivity index (χ4n) is 8.90. The molecule has 0 bridgehead atoms. The van der Waals surface area contributed by atoms with Crippen LogP contribution in [0.3, 0.4) is 0 Å². The van der Waals surface area contributed by atoms with Gasteiger partial charge in [-0.15, -0.1) is 0 Å². The molecule has 0 saturated carbocycles. The largest absolute Gasteiger partial charge is 0.462 e. The summed E-state index contributed by atoms with van der Waals surface area (Å²) in [5.74, 6) is -0.492. The number of esters is 1. The lowest BCUT2D eigenvalue weighted by Gasteiger charge is -2.24. The van der Waals surface area contributed by atoms with E-state index in [9.17, 15) is 19.8 Å². The van der Waals surface area contributed by atoms with Gasteiger partial charge >= 0.3 is 5.97 Å². The summed E-state index contributed by atoms with van der Waals surface area (Å²) in [6.07, 6.45) is 67.4. The number of unbranched alkanes of at least 4 members (excludes halogenated alkanes) is 33. The summed E-state index contributed by atoms with van der Waals surface area (Å²) in [7, 11) is 0. The Hall–Kier alpha value is -2.18. The molecular weight excluding hydrogens is 827 g/mol. The zero-order valence-electron chi connectivity index (χ0n) is 44.8. The number of rotatable bonds is 53. The predicted molar refractivity (Wildman–Crippen MR) is 292 cm³/mol. The molecule has 0 radical (unpaired) electrons. The van der Waals surface area contributed by atoms with E-state index in [2.05, 4.69) is 74.7 Å². The maximum Gasteiger partial charge on any atom is 0.306 e. The Bertz CT molecular complexity index is 1150. The number of aliphatic hydroxyl groups is 2. The molecule has 0 saturated heterocycles. The second-order valence-electron chi connectivity index (χ2n) is 20.0. The molecule has 6 heteroatoms. The zero-order chi connectivity index (χ0) is 48.8. The minimum atomic E-state index is -0.794. The molecule has 67 heavy (non-hydrogen) atoms. The van der Waals surface area contributed by atoms with Gasteiger partial charge in [0.1, 0.15) is 6.10 Å². The normalized spacial score (nSPS) is 13.4. The molecule has 392 valence electrons. The van der Waals surface area contributed by atoms with Crippen molar-refractivity contribution in [2.45, 2.75) is 322 Å². The van der Waals surface area contributed by atoms with Crippen molar-refractivity contribution >= 4 is 11.9 Å². The van der Waals surface area contributed by atoms with Crippen LogP contribution in [0, 0.1) is 0 Å². The standard InChI is InChI=1S/C61H113NO5/c1-4-7-10-13-16-19-22-25-28-29-30-31-33-36-39-42-45-48-51-54-61(66)67-57(52-49-46-43-40-37-34-27-24-21-18-15-12-9-6-3)55-60(65)62-58(56-63)59(64)53-50-47-44-41-38-35-32-26-23-20-17-14-11-8-5-2/h16,19,25,28,30-31,34,37,57-59,63-64H,4-15,17-18,20-24,26-27,29,32-33,35-36,38-56H2,1-3H3,(H,62,65)/b19-16-,28-25-,31-30-,37-34+. The molecule has 3 unspecified atom stereocenters. The topological polar surface area (TPSA) is 95.9 Å². The number of allylic oxidation sites excluding steroid dienone is 8. The van der Waals surface area contributed by atoms with E-state index in [0.717, 1.165) is 89.9 Å². The Kier molecular flexibility index (Phi) is 53.0. The van der Waals surface area contributed by atoms with E-state index < -0.39 is 18.2 Å². The average molecular weight is 941 g/mol. The van der Waals surface area contributed by atoms with Gasteiger partial charge in [-0.05, 0) is 89.9 Å². The summed E-state index contributed by atoms with van der Waals surface area (Å²) < 4.78 is 5.95. The van der Waals surface area contributed by atoms with Crippen molar-refractivity contribution in [2.75, 3.05) is 6.61 Å². The van der Waals surface area contributed by atoms with Gasteiger partial charge in [-0.1, -0.05) is 249 Å². The van der Waals surface area contributed by atoms with E-state index in [1.807, 2.05) is 0 Å². The molecule has 0 aromatic carbocycles. The first-order valence-electron chi connectivity index (χ1n) is 29.4. The summed E-state index contributed by atoms with van der Waals surface area (Å²) in [6.45, 7) is 6.48. The fraction of sp³-hybridized carbons (Fsp3) is 0.836. The van der Waals surface area contributed by atoms with Gasteiger partial charge in [0.15, 0.2) is 0 Å². The number of hydrogen-bond donors (Lipinski definition) is 3. The highest BCUT2D eigenvalue weighted by atomic mass is 16.5. The van der Waals surface area contributed by atoms with E-state index in [1.165, 1.54) is 167 Å². The molecule has 3 atom stereocenters. The van der Waals surface area contributed by atoms with Gasteiger partial charge in [-0.25, -0.2) is 0 Å². The van der Waals surface area contributed by atoms with Crippen molar-refractivity contribution in [3.8, 4) is 0 Å². The lowest BCUT2D eigenvalue weighted by molar-refractivity contribution is -0.151. The maximum atomic E-state index is 13.3. The summed E-state index contributed by atoms with van der Waals surface area (Å²) in [5.41, 5.74) is 0.